The van der Waals surface area contributed by atoms with Crippen molar-refractivity contribution in [3.05, 3.63) is 77.4 Å². The Hall–Kier alpha value is -3.34. The number of carbonyl (C=O) groups excluding carboxylic acids is 2. The molecule has 0 heterocycles. The van der Waals surface area contributed by atoms with Gasteiger partial charge in [-0.15, -0.1) is 0 Å². The second-order valence-corrected chi connectivity index (χ2v) is 6.61. The largest absolute Gasteiger partial charge is 0.496 e. The lowest BCUT2D eigenvalue weighted by Gasteiger charge is -2.15. The number of nitrogens with one attached hydrogen (secondary N) is 1. The number of carbonyl (C=O) groups is 2. The molecule has 1 N–H and O–H groups in total. The molecule has 0 saturated carbocycles. The van der Waals surface area contributed by atoms with Gasteiger partial charge in [-0.3, -0.25) is 4.79 Å². The molecule has 5 nitrogen and oxygen atoms in total. The van der Waals surface area contributed by atoms with E-state index in [1.807, 2.05) is 55.5 Å². The zero-order valence-corrected chi connectivity index (χ0v) is 16.2. The van der Waals surface area contributed by atoms with Crippen LogP contribution in [0.3, 0.4) is 0 Å². The molecule has 28 heavy (non-hydrogen) atoms. The van der Waals surface area contributed by atoms with Crippen LogP contribution in [0.1, 0.15) is 28.4 Å². The lowest BCUT2D eigenvalue weighted by Crippen LogP contribution is -2.35. The van der Waals surface area contributed by atoms with Crippen molar-refractivity contribution in [2.24, 2.45) is 0 Å². The monoisotopic (exact) mass is 377 g/mol. The first-order chi connectivity index (χ1) is 13.5. The van der Waals surface area contributed by atoms with E-state index in [1.54, 1.807) is 26.2 Å². The van der Waals surface area contributed by atoms with E-state index in [-0.39, 0.29) is 5.91 Å². The first-order valence-corrected chi connectivity index (χ1v) is 9.09. The molecule has 0 aliphatic rings. The summed E-state index contributed by atoms with van der Waals surface area (Å²) >= 11 is 0. The molecular formula is C23H23NO4. The molecule has 0 bridgehead atoms. The van der Waals surface area contributed by atoms with Gasteiger partial charge in [0.05, 0.1) is 12.7 Å². The van der Waals surface area contributed by atoms with Crippen LogP contribution in [-0.4, -0.2) is 25.1 Å². The molecule has 5 heteroatoms. The molecule has 0 unspecified atom stereocenters. The Morgan fingerprint density at radius 2 is 1.64 bits per heavy atom. The molecule has 1 amide bonds. The second kappa shape index (κ2) is 8.57. The Bertz CT molecular complexity index is 995. The normalized spacial score (nSPS) is 11.7. The molecule has 1 atom stereocenters. The Balaban J connectivity index is 1.68. The van der Waals surface area contributed by atoms with Gasteiger partial charge < -0.3 is 14.8 Å². The highest BCUT2D eigenvalue weighted by molar-refractivity contribution is 6.06. The molecule has 0 spiro atoms. The summed E-state index contributed by atoms with van der Waals surface area (Å²) in [5.74, 6) is -0.209. The van der Waals surface area contributed by atoms with Crippen LogP contribution < -0.4 is 10.1 Å². The summed E-state index contributed by atoms with van der Waals surface area (Å²) in [4.78, 5) is 24.9. The number of benzene rings is 3. The molecule has 0 aromatic heterocycles. The molecule has 0 aliphatic carbocycles. The molecule has 3 aromatic carbocycles. The summed E-state index contributed by atoms with van der Waals surface area (Å²) in [5, 5.41) is 4.33. The van der Waals surface area contributed by atoms with Gasteiger partial charge in [-0.1, -0.05) is 54.1 Å². The summed E-state index contributed by atoms with van der Waals surface area (Å²) in [6.07, 6.45) is -0.904. The summed E-state index contributed by atoms with van der Waals surface area (Å²) < 4.78 is 10.7. The van der Waals surface area contributed by atoms with Gasteiger partial charge in [0.2, 0.25) is 0 Å². The minimum Gasteiger partial charge on any atom is -0.496 e. The minimum absolute atomic E-state index is 0.341. The topological polar surface area (TPSA) is 64.6 Å². The van der Waals surface area contributed by atoms with E-state index in [0.29, 0.717) is 17.9 Å². The highest BCUT2D eigenvalue weighted by Crippen LogP contribution is 2.28. The zero-order valence-electron chi connectivity index (χ0n) is 16.2. The number of ether oxygens (including phenoxy) is 2. The first kappa shape index (κ1) is 19.4. The number of esters is 1. The quantitative estimate of drug-likeness (QED) is 0.659. The van der Waals surface area contributed by atoms with Gasteiger partial charge in [-0.05, 0) is 36.9 Å². The van der Waals surface area contributed by atoms with Crippen molar-refractivity contribution in [3.8, 4) is 5.75 Å². The summed E-state index contributed by atoms with van der Waals surface area (Å²) in [6, 6.07) is 18.7. The summed E-state index contributed by atoms with van der Waals surface area (Å²) in [6.45, 7) is 3.95. The van der Waals surface area contributed by atoms with E-state index in [0.717, 1.165) is 21.9 Å². The van der Waals surface area contributed by atoms with E-state index in [2.05, 4.69) is 5.32 Å². The van der Waals surface area contributed by atoms with E-state index >= 15 is 0 Å². The van der Waals surface area contributed by atoms with Crippen LogP contribution in [0.4, 0.5) is 0 Å². The molecule has 0 radical (unpaired) electrons. The van der Waals surface area contributed by atoms with Crippen LogP contribution in [0.15, 0.2) is 60.7 Å². The minimum atomic E-state index is -0.904. The van der Waals surface area contributed by atoms with Crippen molar-refractivity contribution < 1.29 is 19.1 Å². The molecule has 144 valence electrons. The standard InChI is InChI=1S/C23H23NO4/c1-15-8-10-17(11-9-15)14-24-22(25)16(2)28-23(26)20-12-13-21(27-3)19-7-5-4-6-18(19)20/h4-13,16H,14H2,1-3H3,(H,24,25)/t16-/m0/s1. The Morgan fingerprint density at radius 1 is 0.964 bits per heavy atom. The SMILES string of the molecule is COc1ccc(C(=O)O[C@@H](C)C(=O)NCc2ccc(C)cc2)c2ccccc12. The maximum Gasteiger partial charge on any atom is 0.339 e. The molecular weight excluding hydrogens is 354 g/mol. The van der Waals surface area contributed by atoms with Crippen molar-refractivity contribution in [1.29, 1.82) is 0 Å². The average molecular weight is 377 g/mol. The third-order valence-electron chi connectivity index (χ3n) is 4.56. The lowest BCUT2D eigenvalue weighted by atomic mass is 10.0. The summed E-state index contributed by atoms with van der Waals surface area (Å²) in [5.41, 5.74) is 2.54. The van der Waals surface area contributed by atoms with Crippen LogP contribution in [0.25, 0.3) is 10.8 Å². The number of amides is 1. The average Bonchev–Trinajstić information content (AvgIpc) is 2.72. The lowest BCUT2D eigenvalue weighted by molar-refractivity contribution is -0.129. The van der Waals surface area contributed by atoms with Crippen molar-refractivity contribution >= 4 is 22.6 Å². The predicted molar refractivity (Wildman–Crippen MR) is 108 cm³/mol. The van der Waals surface area contributed by atoms with E-state index < -0.39 is 12.1 Å². The number of hydrogen-bond acceptors (Lipinski definition) is 4. The van der Waals surface area contributed by atoms with Gasteiger partial charge in [0.1, 0.15) is 5.75 Å². The maximum atomic E-state index is 12.6. The number of methoxy groups -OCH3 is 1. The third kappa shape index (κ3) is 4.31. The number of rotatable bonds is 6. The Morgan fingerprint density at radius 3 is 2.32 bits per heavy atom. The molecule has 0 saturated heterocycles. The van der Waals surface area contributed by atoms with Gasteiger partial charge in [-0.2, -0.15) is 0 Å². The highest BCUT2D eigenvalue weighted by atomic mass is 16.5. The van der Waals surface area contributed by atoms with Gasteiger partial charge in [0.15, 0.2) is 6.10 Å². The number of aryl methyl sites for hydroxylation is 1. The summed E-state index contributed by atoms with van der Waals surface area (Å²) in [7, 11) is 1.58. The zero-order chi connectivity index (χ0) is 20.1. The second-order valence-electron chi connectivity index (χ2n) is 6.61. The fraction of sp³-hybridized carbons (Fsp3) is 0.217. The van der Waals surface area contributed by atoms with Crippen molar-refractivity contribution in [1.82, 2.24) is 5.32 Å². The van der Waals surface area contributed by atoms with Gasteiger partial charge in [0, 0.05) is 11.9 Å². The molecule has 0 fully saturated rings. The molecule has 3 rings (SSSR count). The van der Waals surface area contributed by atoms with Crippen molar-refractivity contribution in [2.75, 3.05) is 7.11 Å². The van der Waals surface area contributed by atoms with E-state index in [9.17, 15) is 9.59 Å². The van der Waals surface area contributed by atoms with E-state index in [4.69, 9.17) is 9.47 Å². The predicted octanol–water partition coefficient (Wildman–Crippen LogP) is 4.02. The van der Waals surface area contributed by atoms with Crippen LogP contribution in [0.5, 0.6) is 5.75 Å². The number of hydrogen-bond donors (Lipinski definition) is 1. The molecule has 3 aromatic rings. The van der Waals surface area contributed by atoms with Crippen LogP contribution in [0, 0.1) is 6.92 Å². The first-order valence-electron chi connectivity index (χ1n) is 9.09. The van der Waals surface area contributed by atoms with Crippen LogP contribution in [-0.2, 0) is 16.1 Å². The Kier molecular flexibility index (Phi) is 5.94. The fourth-order valence-electron chi connectivity index (χ4n) is 2.94. The fourth-order valence-corrected chi connectivity index (χ4v) is 2.94. The van der Waals surface area contributed by atoms with Crippen LogP contribution in [0.2, 0.25) is 0 Å². The van der Waals surface area contributed by atoms with Gasteiger partial charge in [0.25, 0.3) is 5.91 Å². The van der Waals surface area contributed by atoms with Crippen molar-refractivity contribution in [3.63, 3.8) is 0 Å². The highest BCUT2D eigenvalue weighted by Gasteiger charge is 2.21. The van der Waals surface area contributed by atoms with E-state index in [1.165, 1.54) is 0 Å². The molecule has 0 aliphatic heterocycles. The third-order valence-corrected chi connectivity index (χ3v) is 4.56. The van der Waals surface area contributed by atoms with Crippen molar-refractivity contribution in [2.45, 2.75) is 26.5 Å². The van der Waals surface area contributed by atoms with Gasteiger partial charge >= 0.3 is 5.97 Å². The number of fused-ring (bicyclic) bond motifs is 1. The van der Waals surface area contributed by atoms with Crippen LogP contribution >= 0.6 is 0 Å². The van der Waals surface area contributed by atoms with Gasteiger partial charge in [-0.25, -0.2) is 4.79 Å². The smallest absolute Gasteiger partial charge is 0.339 e. The maximum absolute atomic E-state index is 12.6. The Labute approximate surface area is 164 Å².